The van der Waals surface area contributed by atoms with Gasteiger partial charge in [-0.15, -0.1) is 0 Å². The molecular weight excluding hydrogens is 339 g/mol. The molecule has 0 atom stereocenters. The van der Waals surface area contributed by atoms with Crippen LogP contribution in [-0.2, 0) is 6.18 Å². The zero-order valence-corrected chi connectivity index (χ0v) is 13.1. The number of fused-ring (bicyclic) bond motifs is 1. The second kappa shape index (κ2) is 6.35. The van der Waals surface area contributed by atoms with Crippen LogP contribution in [0.25, 0.3) is 21.9 Å². The number of benzene rings is 3. The molecule has 0 spiro atoms. The van der Waals surface area contributed by atoms with E-state index in [0.29, 0.717) is 24.0 Å². The molecule has 0 amide bonds. The molecule has 3 aromatic rings. The van der Waals surface area contributed by atoms with E-state index in [4.69, 9.17) is 4.74 Å². The van der Waals surface area contributed by atoms with Gasteiger partial charge in [0.1, 0.15) is 17.4 Å². The SMILES string of the molecule is CCOc1ccc(-c2ccc3c(F)c(C(F)(F)F)ccc3c2)c(F)c1. The summed E-state index contributed by atoms with van der Waals surface area (Å²) in [7, 11) is 0. The highest BCUT2D eigenvalue weighted by atomic mass is 19.4. The second-order valence-corrected chi connectivity index (χ2v) is 5.44. The summed E-state index contributed by atoms with van der Waals surface area (Å²) in [5, 5.41) is 0.0983. The Balaban J connectivity index is 2.08. The Labute approximate surface area is 140 Å². The number of rotatable bonds is 3. The van der Waals surface area contributed by atoms with Crippen LogP contribution in [0, 0.1) is 11.6 Å². The Hall–Kier alpha value is -2.63. The fourth-order valence-electron chi connectivity index (χ4n) is 2.66. The average molecular weight is 352 g/mol. The van der Waals surface area contributed by atoms with Crippen molar-refractivity contribution in [1.29, 1.82) is 0 Å². The average Bonchev–Trinajstić information content (AvgIpc) is 2.54. The first-order valence-electron chi connectivity index (χ1n) is 7.53. The van der Waals surface area contributed by atoms with Crippen LogP contribution in [0.3, 0.4) is 0 Å². The maximum Gasteiger partial charge on any atom is 0.419 e. The summed E-state index contributed by atoms with van der Waals surface area (Å²) in [6.45, 7) is 2.18. The summed E-state index contributed by atoms with van der Waals surface area (Å²) in [4.78, 5) is 0. The maximum atomic E-state index is 14.3. The van der Waals surface area contributed by atoms with Gasteiger partial charge in [0, 0.05) is 17.0 Å². The van der Waals surface area contributed by atoms with Gasteiger partial charge in [-0.25, -0.2) is 8.78 Å². The van der Waals surface area contributed by atoms with E-state index in [1.165, 1.54) is 36.4 Å². The second-order valence-electron chi connectivity index (χ2n) is 5.44. The highest BCUT2D eigenvalue weighted by Gasteiger charge is 2.34. The molecule has 0 saturated heterocycles. The first-order valence-corrected chi connectivity index (χ1v) is 7.53. The third-order valence-corrected chi connectivity index (χ3v) is 3.82. The zero-order valence-electron chi connectivity index (χ0n) is 13.1. The summed E-state index contributed by atoms with van der Waals surface area (Å²) in [6, 6.07) is 10.3. The standard InChI is InChI=1S/C19H13F5O/c1-2-25-13-5-7-14(17(20)10-13)11-3-6-15-12(9-11)4-8-16(18(15)21)19(22,23)24/h3-10H,2H2,1H3. The molecule has 3 aromatic carbocycles. The summed E-state index contributed by atoms with van der Waals surface area (Å²) in [6.07, 6.45) is -4.77. The van der Waals surface area contributed by atoms with Crippen molar-refractivity contribution in [3.8, 4) is 16.9 Å². The molecule has 0 heterocycles. The van der Waals surface area contributed by atoms with Crippen molar-refractivity contribution in [2.75, 3.05) is 6.61 Å². The van der Waals surface area contributed by atoms with Gasteiger partial charge < -0.3 is 4.74 Å². The van der Waals surface area contributed by atoms with Crippen LogP contribution < -0.4 is 4.74 Å². The van der Waals surface area contributed by atoms with Crippen molar-refractivity contribution in [3.05, 3.63) is 65.7 Å². The topological polar surface area (TPSA) is 9.23 Å². The number of halogens is 5. The monoisotopic (exact) mass is 352 g/mol. The van der Waals surface area contributed by atoms with Gasteiger partial charge in [0.2, 0.25) is 0 Å². The molecule has 0 unspecified atom stereocenters. The largest absolute Gasteiger partial charge is 0.494 e. The molecule has 0 aliphatic rings. The smallest absolute Gasteiger partial charge is 0.419 e. The number of hydrogen-bond acceptors (Lipinski definition) is 1. The fraction of sp³-hybridized carbons (Fsp3) is 0.158. The molecule has 1 nitrogen and oxygen atoms in total. The predicted molar refractivity (Wildman–Crippen MR) is 85.5 cm³/mol. The molecule has 0 bridgehead atoms. The lowest BCUT2D eigenvalue weighted by atomic mass is 9.99. The molecule has 0 saturated carbocycles. The third kappa shape index (κ3) is 3.29. The van der Waals surface area contributed by atoms with Crippen LogP contribution in [0.1, 0.15) is 12.5 Å². The summed E-state index contributed by atoms with van der Waals surface area (Å²) < 4.78 is 71.9. The molecule has 3 rings (SSSR count). The molecule has 0 radical (unpaired) electrons. The number of ether oxygens (including phenoxy) is 1. The van der Waals surface area contributed by atoms with Crippen molar-refractivity contribution in [3.63, 3.8) is 0 Å². The number of alkyl halides is 3. The van der Waals surface area contributed by atoms with Crippen LogP contribution in [-0.4, -0.2) is 6.61 Å². The minimum atomic E-state index is -4.77. The normalized spacial score (nSPS) is 11.8. The van der Waals surface area contributed by atoms with Crippen LogP contribution in [0.5, 0.6) is 5.75 Å². The minimum Gasteiger partial charge on any atom is -0.494 e. The molecule has 25 heavy (non-hydrogen) atoms. The van der Waals surface area contributed by atoms with Crippen LogP contribution in [0.15, 0.2) is 48.5 Å². The van der Waals surface area contributed by atoms with Gasteiger partial charge in [0.25, 0.3) is 0 Å². The zero-order chi connectivity index (χ0) is 18.2. The van der Waals surface area contributed by atoms with Crippen molar-refractivity contribution in [2.45, 2.75) is 13.1 Å². The number of hydrogen-bond donors (Lipinski definition) is 0. The van der Waals surface area contributed by atoms with E-state index in [1.54, 1.807) is 13.0 Å². The van der Waals surface area contributed by atoms with E-state index < -0.39 is 23.4 Å². The highest BCUT2D eigenvalue weighted by Crippen LogP contribution is 2.36. The molecule has 0 aromatic heterocycles. The van der Waals surface area contributed by atoms with E-state index in [0.717, 1.165) is 0 Å². The van der Waals surface area contributed by atoms with Crippen LogP contribution >= 0.6 is 0 Å². The molecule has 0 aliphatic carbocycles. The van der Waals surface area contributed by atoms with Gasteiger partial charge in [-0.1, -0.05) is 18.2 Å². The Morgan fingerprint density at radius 3 is 2.32 bits per heavy atom. The quantitative estimate of drug-likeness (QED) is 0.510. The van der Waals surface area contributed by atoms with E-state index in [-0.39, 0.29) is 16.3 Å². The Kier molecular flexibility index (Phi) is 4.37. The summed E-state index contributed by atoms with van der Waals surface area (Å²) in [5.74, 6) is -1.48. The minimum absolute atomic E-state index is 0.162. The molecule has 0 aliphatic heterocycles. The van der Waals surface area contributed by atoms with Gasteiger partial charge in [-0.05, 0) is 42.1 Å². The maximum absolute atomic E-state index is 14.3. The van der Waals surface area contributed by atoms with E-state index in [9.17, 15) is 22.0 Å². The lowest BCUT2D eigenvalue weighted by Crippen LogP contribution is -2.08. The van der Waals surface area contributed by atoms with E-state index >= 15 is 0 Å². The predicted octanol–water partition coefficient (Wildman–Crippen LogP) is 6.20. The Morgan fingerprint density at radius 1 is 0.920 bits per heavy atom. The summed E-state index contributed by atoms with van der Waals surface area (Å²) in [5.41, 5.74) is -0.627. The van der Waals surface area contributed by atoms with Crippen molar-refractivity contribution in [2.24, 2.45) is 0 Å². The van der Waals surface area contributed by atoms with Crippen molar-refractivity contribution in [1.82, 2.24) is 0 Å². The third-order valence-electron chi connectivity index (χ3n) is 3.82. The Bertz CT molecular complexity index is 931. The molecule has 130 valence electrons. The first kappa shape index (κ1) is 17.2. The first-order chi connectivity index (χ1) is 11.8. The Morgan fingerprint density at radius 2 is 1.68 bits per heavy atom. The van der Waals surface area contributed by atoms with Crippen molar-refractivity contribution >= 4 is 10.8 Å². The summed E-state index contributed by atoms with van der Waals surface area (Å²) >= 11 is 0. The van der Waals surface area contributed by atoms with Gasteiger partial charge in [0.15, 0.2) is 0 Å². The van der Waals surface area contributed by atoms with Gasteiger partial charge in [0.05, 0.1) is 12.2 Å². The van der Waals surface area contributed by atoms with Gasteiger partial charge >= 0.3 is 6.18 Å². The highest BCUT2D eigenvalue weighted by molar-refractivity contribution is 5.88. The molecule has 6 heteroatoms. The lowest BCUT2D eigenvalue weighted by Gasteiger charge is -2.12. The van der Waals surface area contributed by atoms with E-state index in [1.807, 2.05) is 0 Å². The molecular formula is C19H13F5O. The molecule has 0 N–H and O–H groups in total. The van der Waals surface area contributed by atoms with Crippen molar-refractivity contribution < 1.29 is 26.7 Å². The lowest BCUT2D eigenvalue weighted by molar-refractivity contribution is -0.139. The van der Waals surface area contributed by atoms with Gasteiger partial charge in [-0.3, -0.25) is 0 Å². The fourth-order valence-corrected chi connectivity index (χ4v) is 2.66. The molecule has 0 fully saturated rings. The van der Waals surface area contributed by atoms with Crippen LogP contribution in [0.4, 0.5) is 22.0 Å². The van der Waals surface area contributed by atoms with E-state index in [2.05, 4.69) is 0 Å². The van der Waals surface area contributed by atoms with Gasteiger partial charge in [-0.2, -0.15) is 13.2 Å². The van der Waals surface area contributed by atoms with Crippen LogP contribution in [0.2, 0.25) is 0 Å².